The molecule has 154 valence electrons. The minimum Gasteiger partial charge on any atom is -0.497 e. The molecule has 0 aliphatic rings. The van der Waals surface area contributed by atoms with Crippen molar-refractivity contribution < 1.29 is 9.16 Å². The van der Waals surface area contributed by atoms with Gasteiger partial charge in [-0.25, -0.2) is 4.98 Å². The summed E-state index contributed by atoms with van der Waals surface area (Å²) in [5, 5.41) is 0. The van der Waals surface area contributed by atoms with E-state index >= 15 is 0 Å². The van der Waals surface area contributed by atoms with Crippen LogP contribution in [0.3, 0.4) is 0 Å². The van der Waals surface area contributed by atoms with Crippen LogP contribution in [0, 0.1) is 0 Å². The zero-order valence-electron chi connectivity index (χ0n) is 18.2. The Morgan fingerprint density at radius 1 is 0.966 bits per heavy atom. The van der Waals surface area contributed by atoms with Gasteiger partial charge in [0.15, 0.2) is 8.32 Å². The predicted molar refractivity (Wildman–Crippen MR) is 122 cm³/mol. The molecule has 3 rings (SSSR count). The van der Waals surface area contributed by atoms with Crippen LogP contribution in [0.2, 0.25) is 18.1 Å². The van der Waals surface area contributed by atoms with Crippen LogP contribution in [0.5, 0.6) is 5.75 Å². The summed E-state index contributed by atoms with van der Waals surface area (Å²) in [6, 6.07) is 20.1. The zero-order chi connectivity index (χ0) is 20.9. The molecule has 0 spiro atoms. The van der Waals surface area contributed by atoms with Gasteiger partial charge in [-0.05, 0) is 41.4 Å². The smallest absolute Gasteiger partial charge is 0.193 e. The fourth-order valence-corrected chi connectivity index (χ4v) is 6.66. The fourth-order valence-electron chi connectivity index (χ4n) is 3.89. The number of benzene rings is 2. The van der Waals surface area contributed by atoms with Crippen molar-refractivity contribution >= 4 is 8.32 Å². The first kappa shape index (κ1) is 21.3. The van der Waals surface area contributed by atoms with E-state index in [9.17, 15) is 0 Å². The number of ether oxygens (including phenoxy) is 1. The summed E-state index contributed by atoms with van der Waals surface area (Å²) in [7, 11) is 1.88. The minimum absolute atomic E-state index is 0.125. The Labute approximate surface area is 175 Å². The van der Waals surface area contributed by atoms with Crippen LogP contribution >= 0.6 is 0 Å². The molecule has 0 amide bonds. The molecule has 0 saturated carbocycles. The molecular formula is C24H32N2O2Si. The van der Waals surface area contributed by atoms with Crippen LogP contribution in [0.1, 0.15) is 38.0 Å². The number of rotatable bonds is 9. The average Bonchev–Trinajstić information content (AvgIpc) is 3.21. The summed E-state index contributed by atoms with van der Waals surface area (Å²) >= 11 is 0. The molecule has 1 aromatic heterocycles. The molecule has 0 aliphatic carbocycles. The quantitative estimate of drug-likeness (QED) is 0.395. The van der Waals surface area contributed by atoms with Crippen molar-refractivity contribution in [3.63, 3.8) is 0 Å². The van der Waals surface area contributed by atoms with Crippen LogP contribution in [-0.2, 0) is 11.5 Å². The summed E-state index contributed by atoms with van der Waals surface area (Å²) in [5.41, 5.74) is 3.44. The highest BCUT2D eigenvalue weighted by Crippen LogP contribution is 2.38. The number of aryl methyl sites for hydroxylation is 1. The average molecular weight is 409 g/mol. The zero-order valence-corrected chi connectivity index (χ0v) is 19.2. The topological polar surface area (TPSA) is 36.3 Å². The highest BCUT2D eigenvalue weighted by atomic mass is 28.4. The number of aromatic nitrogens is 2. The van der Waals surface area contributed by atoms with Gasteiger partial charge in [0.05, 0.1) is 13.2 Å². The number of hydrogen-bond donors (Lipinski definition) is 0. The van der Waals surface area contributed by atoms with Gasteiger partial charge in [-0.3, -0.25) is 0 Å². The maximum absolute atomic E-state index is 7.07. The van der Waals surface area contributed by atoms with Crippen molar-refractivity contribution in [2.24, 2.45) is 7.05 Å². The Kier molecular flexibility index (Phi) is 6.93. The second-order valence-corrected chi connectivity index (χ2v) is 12.2. The van der Waals surface area contributed by atoms with E-state index in [-0.39, 0.29) is 6.10 Å². The molecule has 0 bridgehead atoms. The summed E-state index contributed by atoms with van der Waals surface area (Å²) in [6.07, 6.45) is 3.71. The van der Waals surface area contributed by atoms with Gasteiger partial charge in [-0.2, -0.15) is 0 Å². The molecule has 3 aromatic rings. The van der Waals surface area contributed by atoms with Crippen LogP contribution in [-0.4, -0.2) is 25.0 Å². The Bertz CT molecular complexity index is 908. The van der Waals surface area contributed by atoms with Crippen molar-refractivity contribution in [3.05, 3.63) is 72.1 Å². The number of hydrogen-bond acceptors (Lipinski definition) is 3. The standard InChI is InChI=1S/C24H32N2O2Si/c1-6-29(7-2,8-3)28-23(19-13-15-20(27-5)16-14-19)21-11-9-10-12-22(21)24-25-17-18-26(24)4/h9-18,23H,6-8H2,1-5H3. The first-order valence-electron chi connectivity index (χ1n) is 10.5. The molecule has 0 radical (unpaired) electrons. The lowest BCUT2D eigenvalue weighted by Crippen LogP contribution is -2.37. The van der Waals surface area contributed by atoms with Gasteiger partial charge in [0, 0.05) is 25.0 Å². The van der Waals surface area contributed by atoms with Crippen molar-refractivity contribution in [2.75, 3.05) is 7.11 Å². The molecule has 0 N–H and O–H groups in total. The summed E-state index contributed by atoms with van der Waals surface area (Å²) in [4.78, 5) is 4.61. The molecule has 1 atom stereocenters. The number of nitrogens with zero attached hydrogens (tertiary/aromatic N) is 2. The van der Waals surface area contributed by atoms with E-state index < -0.39 is 8.32 Å². The summed E-state index contributed by atoms with van der Waals surface area (Å²) in [5.74, 6) is 1.81. The second-order valence-electron chi connectivity index (χ2n) is 7.46. The molecule has 1 unspecified atom stereocenters. The Morgan fingerprint density at radius 3 is 2.17 bits per heavy atom. The van der Waals surface area contributed by atoms with Crippen molar-refractivity contribution in [1.82, 2.24) is 9.55 Å². The maximum atomic E-state index is 7.07. The molecule has 0 saturated heterocycles. The predicted octanol–water partition coefficient (Wildman–Crippen LogP) is 6.21. The molecular weight excluding hydrogens is 376 g/mol. The van der Waals surface area contributed by atoms with Crippen LogP contribution < -0.4 is 4.74 Å². The molecule has 4 nitrogen and oxygen atoms in total. The number of methoxy groups -OCH3 is 1. The van der Waals surface area contributed by atoms with Gasteiger partial charge in [-0.1, -0.05) is 57.2 Å². The third kappa shape index (κ3) is 4.46. The lowest BCUT2D eigenvalue weighted by molar-refractivity contribution is 0.230. The molecule has 1 heterocycles. The fraction of sp³-hybridized carbons (Fsp3) is 0.375. The SMILES string of the molecule is CC[Si](CC)(CC)OC(c1ccc(OC)cc1)c1ccccc1-c1nccn1C. The minimum atomic E-state index is -1.85. The first-order chi connectivity index (χ1) is 14.1. The van der Waals surface area contributed by atoms with Crippen LogP contribution in [0.4, 0.5) is 0 Å². The summed E-state index contributed by atoms with van der Waals surface area (Å²) in [6.45, 7) is 6.82. The van der Waals surface area contributed by atoms with E-state index in [4.69, 9.17) is 9.16 Å². The monoisotopic (exact) mass is 408 g/mol. The first-order valence-corrected chi connectivity index (χ1v) is 13.0. The maximum Gasteiger partial charge on any atom is 0.193 e. The van der Waals surface area contributed by atoms with Gasteiger partial charge in [0.1, 0.15) is 11.6 Å². The van der Waals surface area contributed by atoms with Crippen molar-refractivity contribution in [1.29, 1.82) is 0 Å². The lowest BCUT2D eigenvalue weighted by Gasteiger charge is -2.34. The largest absolute Gasteiger partial charge is 0.497 e. The van der Waals surface area contributed by atoms with Gasteiger partial charge in [-0.15, -0.1) is 0 Å². The van der Waals surface area contributed by atoms with E-state index in [0.29, 0.717) is 0 Å². The van der Waals surface area contributed by atoms with Crippen molar-refractivity contribution in [3.8, 4) is 17.1 Å². The van der Waals surface area contributed by atoms with Crippen LogP contribution in [0.25, 0.3) is 11.4 Å². The van der Waals surface area contributed by atoms with E-state index in [1.54, 1.807) is 7.11 Å². The third-order valence-corrected chi connectivity index (χ3v) is 10.6. The van der Waals surface area contributed by atoms with Gasteiger partial charge >= 0.3 is 0 Å². The van der Waals surface area contributed by atoms with Crippen molar-refractivity contribution in [2.45, 2.75) is 45.0 Å². The van der Waals surface area contributed by atoms with Gasteiger partial charge < -0.3 is 13.7 Å². The van der Waals surface area contributed by atoms with Gasteiger partial charge in [0.2, 0.25) is 0 Å². The molecule has 0 fully saturated rings. The van der Waals surface area contributed by atoms with E-state index in [2.05, 4.69) is 66.7 Å². The third-order valence-electron chi connectivity index (χ3n) is 6.02. The highest BCUT2D eigenvalue weighted by Gasteiger charge is 2.34. The molecule has 2 aromatic carbocycles. The summed E-state index contributed by atoms with van der Waals surface area (Å²) < 4.78 is 14.5. The Balaban J connectivity index is 2.14. The van der Waals surface area contributed by atoms with E-state index in [1.807, 2.05) is 31.6 Å². The second kappa shape index (κ2) is 9.42. The normalized spacial score (nSPS) is 12.7. The Hall–Kier alpha value is -2.37. The number of imidazole rings is 1. The molecule has 29 heavy (non-hydrogen) atoms. The van der Waals surface area contributed by atoms with E-state index in [0.717, 1.165) is 40.8 Å². The molecule has 5 heteroatoms. The molecule has 0 aliphatic heterocycles. The van der Waals surface area contributed by atoms with Crippen LogP contribution in [0.15, 0.2) is 60.9 Å². The van der Waals surface area contributed by atoms with E-state index in [1.165, 1.54) is 5.56 Å². The van der Waals surface area contributed by atoms with Gasteiger partial charge in [0.25, 0.3) is 0 Å². The lowest BCUT2D eigenvalue weighted by atomic mass is 9.96. The Morgan fingerprint density at radius 2 is 1.62 bits per heavy atom. The highest BCUT2D eigenvalue weighted by molar-refractivity contribution is 6.73.